The standard InChI is InChI=1S/C14H17N/c1-4-14(2,3)15-13-10-9-11-7-5-6-8-12(11)13/h1,5-8,13,15H,9-10H2,2-3H3/t13-/m1/s1. The summed E-state index contributed by atoms with van der Waals surface area (Å²) in [5.41, 5.74) is 2.66. The number of benzene rings is 1. The van der Waals surface area contributed by atoms with Gasteiger partial charge in [-0.1, -0.05) is 30.2 Å². The van der Waals surface area contributed by atoms with Crippen molar-refractivity contribution in [3.8, 4) is 12.3 Å². The van der Waals surface area contributed by atoms with E-state index in [0.29, 0.717) is 6.04 Å². The van der Waals surface area contributed by atoms with E-state index in [4.69, 9.17) is 6.42 Å². The third kappa shape index (κ3) is 2.06. The Kier molecular flexibility index (Phi) is 2.54. The smallest absolute Gasteiger partial charge is 0.0746 e. The Morgan fingerprint density at radius 3 is 2.87 bits per heavy atom. The summed E-state index contributed by atoms with van der Waals surface area (Å²) >= 11 is 0. The summed E-state index contributed by atoms with van der Waals surface area (Å²) < 4.78 is 0. The summed E-state index contributed by atoms with van der Waals surface area (Å²) in [4.78, 5) is 0. The lowest BCUT2D eigenvalue weighted by Gasteiger charge is -2.25. The molecule has 0 amide bonds. The van der Waals surface area contributed by atoms with Crippen LogP contribution >= 0.6 is 0 Å². The molecule has 15 heavy (non-hydrogen) atoms. The molecule has 1 N–H and O–H groups in total. The molecule has 0 radical (unpaired) electrons. The van der Waals surface area contributed by atoms with Gasteiger partial charge in [0, 0.05) is 6.04 Å². The van der Waals surface area contributed by atoms with E-state index in [1.807, 2.05) is 13.8 Å². The molecule has 1 aromatic rings. The molecule has 0 saturated carbocycles. The van der Waals surface area contributed by atoms with Gasteiger partial charge in [-0.05, 0) is 37.8 Å². The first-order valence-corrected chi connectivity index (χ1v) is 5.46. The fraction of sp³-hybridized carbons (Fsp3) is 0.429. The monoisotopic (exact) mass is 199 g/mol. The molecule has 1 aliphatic carbocycles. The minimum atomic E-state index is -0.220. The highest BCUT2D eigenvalue weighted by Gasteiger charge is 2.26. The van der Waals surface area contributed by atoms with E-state index in [9.17, 15) is 0 Å². The molecular weight excluding hydrogens is 182 g/mol. The Hall–Kier alpha value is -1.26. The minimum Gasteiger partial charge on any atom is -0.295 e. The molecule has 1 nitrogen and oxygen atoms in total. The van der Waals surface area contributed by atoms with Crippen molar-refractivity contribution in [3.05, 3.63) is 35.4 Å². The summed E-state index contributed by atoms with van der Waals surface area (Å²) in [6.07, 6.45) is 7.81. The van der Waals surface area contributed by atoms with Crippen LogP contribution < -0.4 is 5.32 Å². The molecule has 2 rings (SSSR count). The summed E-state index contributed by atoms with van der Waals surface area (Å²) in [5.74, 6) is 2.79. The zero-order chi connectivity index (χ0) is 10.9. The van der Waals surface area contributed by atoms with Gasteiger partial charge in [-0.15, -0.1) is 6.42 Å². The molecule has 1 aliphatic rings. The van der Waals surface area contributed by atoms with E-state index in [1.54, 1.807) is 0 Å². The Balaban J connectivity index is 2.19. The Labute approximate surface area is 91.9 Å². The molecule has 1 heteroatoms. The van der Waals surface area contributed by atoms with Gasteiger partial charge in [0.1, 0.15) is 0 Å². The normalized spacial score (nSPS) is 19.7. The highest BCUT2D eigenvalue weighted by atomic mass is 15.0. The molecule has 0 saturated heterocycles. The number of aryl methyl sites for hydroxylation is 1. The minimum absolute atomic E-state index is 0.220. The van der Waals surface area contributed by atoms with Crippen LogP contribution in [0.2, 0.25) is 0 Å². The van der Waals surface area contributed by atoms with E-state index in [2.05, 4.69) is 35.5 Å². The van der Waals surface area contributed by atoms with Crippen LogP contribution in [-0.2, 0) is 6.42 Å². The SMILES string of the molecule is C#CC(C)(C)N[C@@H]1CCc2ccccc21. The van der Waals surface area contributed by atoms with Crippen LogP contribution in [0.25, 0.3) is 0 Å². The van der Waals surface area contributed by atoms with Gasteiger partial charge in [-0.25, -0.2) is 0 Å². The molecule has 0 fully saturated rings. The van der Waals surface area contributed by atoms with Gasteiger partial charge in [-0.3, -0.25) is 5.32 Å². The predicted molar refractivity (Wildman–Crippen MR) is 63.6 cm³/mol. The van der Waals surface area contributed by atoms with E-state index < -0.39 is 0 Å². The number of nitrogens with one attached hydrogen (secondary N) is 1. The fourth-order valence-electron chi connectivity index (χ4n) is 2.18. The largest absolute Gasteiger partial charge is 0.295 e. The summed E-state index contributed by atoms with van der Waals surface area (Å²) in [5, 5.41) is 3.52. The Bertz CT molecular complexity index is 398. The number of terminal acetylenes is 1. The van der Waals surface area contributed by atoms with Gasteiger partial charge < -0.3 is 0 Å². The lowest BCUT2D eigenvalue weighted by molar-refractivity contribution is 0.410. The fourth-order valence-corrected chi connectivity index (χ4v) is 2.18. The first-order valence-electron chi connectivity index (χ1n) is 5.46. The van der Waals surface area contributed by atoms with Crippen LogP contribution in [0, 0.1) is 12.3 Å². The van der Waals surface area contributed by atoms with Crippen LogP contribution in [0.5, 0.6) is 0 Å². The van der Waals surface area contributed by atoms with Crippen molar-refractivity contribution in [3.63, 3.8) is 0 Å². The molecule has 0 aromatic heterocycles. The van der Waals surface area contributed by atoms with Crippen LogP contribution in [0.4, 0.5) is 0 Å². The van der Waals surface area contributed by atoms with E-state index in [0.717, 1.165) is 12.8 Å². The average molecular weight is 199 g/mol. The molecule has 0 heterocycles. The van der Waals surface area contributed by atoms with Crippen LogP contribution in [0.1, 0.15) is 37.4 Å². The third-order valence-electron chi connectivity index (χ3n) is 3.03. The number of fused-ring (bicyclic) bond motifs is 1. The highest BCUT2D eigenvalue weighted by Crippen LogP contribution is 2.31. The number of hydrogen-bond acceptors (Lipinski definition) is 1. The summed E-state index contributed by atoms with van der Waals surface area (Å²) in [6.45, 7) is 4.10. The zero-order valence-electron chi connectivity index (χ0n) is 9.38. The van der Waals surface area contributed by atoms with Gasteiger partial charge in [0.05, 0.1) is 5.54 Å². The topological polar surface area (TPSA) is 12.0 Å². The lowest BCUT2D eigenvalue weighted by atomic mass is 10.0. The van der Waals surface area contributed by atoms with Crippen molar-refractivity contribution in [2.45, 2.75) is 38.3 Å². The number of hydrogen-bond donors (Lipinski definition) is 1. The quantitative estimate of drug-likeness (QED) is 0.722. The van der Waals surface area contributed by atoms with Crippen molar-refractivity contribution in [1.29, 1.82) is 0 Å². The summed E-state index contributed by atoms with van der Waals surface area (Å²) in [6, 6.07) is 9.04. The second-order valence-corrected chi connectivity index (χ2v) is 4.70. The highest BCUT2D eigenvalue weighted by molar-refractivity contribution is 5.35. The molecule has 1 aromatic carbocycles. The molecule has 1 atom stereocenters. The number of rotatable bonds is 2. The van der Waals surface area contributed by atoms with Gasteiger partial charge in [0.2, 0.25) is 0 Å². The zero-order valence-corrected chi connectivity index (χ0v) is 9.38. The maximum absolute atomic E-state index is 5.49. The first kappa shape index (κ1) is 10.3. The van der Waals surface area contributed by atoms with Gasteiger partial charge >= 0.3 is 0 Å². The summed E-state index contributed by atoms with van der Waals surface area (Å²) in [7, 11) is 0. The maximum Gasteiger partial charge on any atom is 0.0746 e. The predicted octanol–water partition coefficient (Wildman–Crippen LogP) is 2.68. The van der Waals surface area contributed by atoms with Crippen LogP contribution in [0.15, 0.2) is 24.3 Å². The van der Waals surface area contributed by atoms with Crippen molar-refractivity contribution >= 4 is 0 Å². The van der Waals surface area contributed by atoms with E-state index >= 15 is 0 Å². The van der Waals surface area contributed by atoms with Crippen molar-refractivity contribution in [2.24, 2.45) is 0 Å². The van der Waals surface area contributed by atoms with Crippen LogP contribution in [0.3, 0.4) is 0 Å². The van der Waals surface area contributed by atoms with E-state index in [-0.39, 0.29) is 5.54 Å². The second-order valence-electron chi connectivity index (χ2n) is 4.70. The van der Waals surface area contributed by atoms with Crippen molar-refractivity contribution < 1.29 is 0 Å². The molecule has 78 valence electrons. The van der Waals surface area contributed by atoms with E-state index in [1.165, 1.54) is 11.1 Å². The van der Waals surface area contributed by atoms with Gasteiger partial charge in [-0.2, -0.15) is 0 Å². The van der Waals surface area contributed by atoms with Crippen molar-refractivity contribution in [2.75, 3.05) is 0 Å². The Morgan fingerprint density at radius 1 is 1.40 bits per heavy atom. The first-order chi connectivity index (χ1) is 7.12. The second kappa shape index (κ2) is 3.72. The molecular formula is C14H17N. The maximum atomic E-state index is 5.49. The van der Waals surface area contributed by atoms with Gasteiger partial charge in [0.15, 0.2) is 0 Å². The third-order valence-corrected chi connectivity index (χ3v) is 3.03. The Morgan fingerprint density at radius 2 is 2.13 bits per heavy atom. The molecule has 0 spiro atoms. The average Bonchev–Trinajstić information content (AvgIpc) is 2.62. The molecule has 0 bridgehead atoms. The van der Waals surface area contributed by atoms with Crippen LogP contribution in [-0.4, -0.2) is 5.54 Å². The van der Waals surface area contributed by atoms with Crippen molar-refractivity contribution in [1.82, 2.24) is 5.32 Å². The lowest BCUT2D eigenvalue weighted by Crippen LogP contribution is -2.39. The molecule has 0 aliphatic heterocycles. The molecule has 0 unspecified atom stereocenters. The van der Waals surface area contributed by atoms with Gasteiger partial charge in [0.25, 0.3) is 0 Å².